The van der Waals surface area contributed by atoms with Crippen molar-refractivity contribution in [3.8, 4) is 0 Å². The van der Waals surface area contributed by atoms with E-state index in [9.17, 15) is 23.5 Å². The Hall–Kier alpha value is -1.08. The number of aliphatic hydroxyl groups excluding tert-OH is 1. The third-order valence-corrected chi connectivity index (χ3v) is 4.73. The highest BCUT2D eigenvalue weighted by atomic mass is 19.3. The highest BCUT2D eigenvalue weighted by Crippen LogP contribution is 2.48. The van der Waals surface area contributed by atoms with Gasteiger partial charge >= 0.3 is 5.92 Å². The van der Waals surface area contributed by atoms with E-state index in [1.165, 1.54) is 4.90 Å². The standard InChI is InChI=1S/C15H23F2NO4/c1-5-18(6-2)13(21)9-11(19)15(16,17)12(20)10-8(22-10)7-14(9,3)4/h8-10,12,20H,5-7H2,1-4H3/t8-,9+,10-,12+/m0/s1. The molecule has 1 amide bonds. The summed E-state index contributed by atoms with van der Waals surface area (Å²) in [5.74, 6) is -7.58. The van der Waals surface area contributed by atoms with Crippen LogP contribution in [0, 0.1) is 11.3 Å². The SMILES string of the molecule is CCN(CC)C(=O)[C@H]1C(=O)C(F)(F)[C@H](O)[C@H]2O[C@H]2CC1(C)C. The molecule has 1 aliphatic heterocycles. The molecule has 2 aliphatic rings. The molecule has 2 fully saturated rings. The lowest BCUT2D eigenvalue weighted by Crippen LogP contribution is -2.57. The van der Waals surface area contributed by atoms with Crippen LogP contribution in [0.3, 0.4) is 0 Å². The highest BCUT2D eigenvalue weighted by Gasteiger charge is 2.65. The number of amides is 1. The number of alkyl halides is 2. The zero-order valence-electron chi connectivity index (χ0n) is 13.3. The van der Waals surface area contributed by atoms with Crippen LogP contribution in [0.15, 0.2) is 0 Å². The van der Waals surface area contributed by atoms with Crippen LogP contribution in [0.1, 0.15) is 34.1 Å². The van der Waals surface area contributed by atoms with E-state index in [4.69, 9.17) is 4.74 Å². The maximum atomic E-state index is 14.3. The van der Waals surface area contributed by atoms with Gasteiger partial charge in [-0.25, -0.2) is 0 Å². The van der Waals surface area contributed by atoms with Gasteiger partial charge < -0.3 is 14.7 Å². The Kier molecular flexibility index (Phi) is 4.34. The number of ketones is 1. The smallest absolute Gasteiger partial charge is 0.333 e. The summed E-state index contributed by atoms with van der Waals surface area (Å²) in [7, 11) is 0. The van der Waals surface area contributed by atoms with Crippen molar-refractivity contribution >= 4 is 11.7 Å². The van der Waals surface area contributed by atoms with Crippen LogP contribution < -0.4 is 0 Å². The zero-order chi connectivity index (χ0) is 16.9. The molecule has 0 aromatic carbocycles. The number of Topliss-reactive ketones (excluding diaryl/α,β-unsaturated/α-hetero) is 1. The molecule has 1 aliphatic carbocycles. The van der Waals surface area contributed by atoms with E-state index in [1.807, 2.05) is 0 Å². The summed E-state index contributed by atoms with van der Waals surface area (Å²) in [5.41, 5.74) is -0.959. The van der Waals surface area contributed by atoms with Crippen molar-refractivity contribution < 1.29 is 28.2 Å². The van der Waals surface area contributed by atoms with Gasteiger partial charge in [-0.2, -0.15) is 8.78 Å². The molecule has 0 aromatic rings. The molecule has 1 N–H and O–H groups in total. The average molecular weight is 319 g/mol. The second-order valence-electron chi connectivity index (χ2n) is 6.71. The second-order valence-corrected chi connectivity index (χ2v) is 6.71. The monoisotopic (exact) mass is 319 g/mol. The van der Waals surface area contributed by atoms with E-state index in [-0.39, 0.29) is 6.42 Å². The number of aliphatic hydroxyl groups is 1. The maximum absolute atomic E-state index is 14.3. The first kappa shape index (κ1) is 17.3. The average Bonchev–Trinajstić information content (AvgIpc) is 3.16. The topological polar surface area (TPSA) is 70.1 Å². The molecule has 2 rings (SSSR count). The van der Waals surface area contributed by atoms with Gasteiger partial charge in [0.05, 0.1) is 6.10 Å². The normalized spacial score (nSPS) is 36.0. The van der Waals surface area contributed by atoms with Crippen molar-refractivity contribution in [1.82, 2.24) is 4.90 Å². The minimum atomic E-state index is -3.98. The maximum Gasteiger partial charge on any atom is 0.333 e. The van der Waals surface area contributed by atoms with Gasteiger partial charge in [0, 0.05) is 13.1 Å². The summed E-state index contributed by atoms with van der Waals surface area (Å²) >= 11 is 0. The largest absolute Gasteiger partial charge is 0.383 e. The minimum absolute atomic E-state index is 0.286. The molecule has 4 atom stereocenters. The van der Waals surface area contributed by atoms with Gasteiger partial charge in [0.2, 0.25) is 11.7 Å². The van der Waals surface area contributed by atoms with E-state index in [0.29, 0.717) is 13.1 Å². The minimum Gasteiger partial charge on any atom is -0.383 e. The van der Waals surface area contributed by atoms with Crippen molar-refractivity contribution in [2.75, 3.05) is 13.1 Å². The van der Waals surface area contributed by atoms with Gasteiger partial charge in [0.25, 0.3) is 0 Å². The molecule has 0 bridgehead atoms. The Morgan fingerprint density at radius 2 is 1.91 bits per heavy atom. The number of nitrogens with zero attached hydrogens (tertiary/aromatic N) is 1. The van der Waals surface area contributed by atoms with E-state index < -0.39 is 47.3 Å². The first-order valence-electron chi connectivity index (χ1n) is 7.62. The van der Waals surface area contributed by atoms with Crippen LogP contribution >= 0.6 is 0 Å². The molecule has 0 aromatic heterocycles. The molecule has 1 saturated heterocycles. The lowest BCUT2D eigenvalue weighted by molar-refractivity contribution is -0.176. The number of halogens is 2. The molecular formula is C15H23F2NO4. The summed E-state index contributed by atoms with van der Waals surface area (Å²) < 4.78 is 33.7. The lowest BCUT2D eigenvalue weighted by Gasteiger charge is -2.38. The highest BCUT2D eigenvalue weighted by molar-refractivity contribution is 6.05. The summed E-state index contributed by atoms with van der Waals surface area (Å²) in [5, 5.41) is 9.72. The fourth-order valence-corrected chi connectivity index (χ4v) is 3.30. The number of rotatable bonds is 3. The number of epoxide rings is 1. The molecule has 0 unspecified atom stereocenters. The van der Waals surface area contributed by atoms with E-state index in [1.54, 1.807) is 27.7 Å². The predicted octanol–water partition coefficient (Wildman–Crippen LogP) is 1.23. The second kappa shape index (κ2) is 5.53. The van der Waals surface area contributed by atoms with Gasteiger partial charge in [0.15, 0.2) is 6.10 Å². The molecule has 7 heteroatoms. The molecule has 126 valence electrons. The van der Waals surface area contributed by atoms with Gasteiger partial charge in [-0.1, -0.05) is 13.8 Å². The quantitative estimate of drug-likeness (QED) is 0.627. The molecule has 0 spiro atoms. The molecule has 1 heterocycles. The molecule has 0 radical (unpaired) electrons. The van der Waals surface area contributed by atoms with Crippen LogP contribution in [0.2, 0.25) is 0 Å². The number of ether oxygens (including phenoxy) is 1. The van der Waals surface area contributed by atoms with E-state index in [0.717, 1.165) is 0 Å². The van der Waals surface area contributed by atoms with Crippen molar-refractivity contribution in [1.29, 1.82) is 0 Å². The third-order valence-electron chi connectivity index (χ3n) is 4.73. The molecular weight excluding hydrogens is 296 g/mol. The molecule has 5 nitrogen and oxygen atoms in total. The number of hydrogen-bond donors (Lipinski definition) is 1. The molecule has 1 saturated carbocycles. The Bertz CT molecular complexity index is 476. The van der Waals surface area contributed by atoms with Crippen molar-refractivity contribution in [2.24, 2.45) is 11.3 Å². The zero-order valence-corrected chi connectivity index (χ0v) is 13.3. The van der Waals surface area contributed by atoms with Crippen molar-refractivity contribution in [2.45, 2.75) is 58.4 Å². The molecule has 22 heavy (non-hydrogen) atoms. The number of carbonyl (C=O) groups excluding carboxylic acids is 2. The Morgan fingerprint density at radius 3 is 2.41 bits per heavy atom. The van der Waals surface area contributed by atoms with Crippen molar-refractivity contribution in [3.05, 3.63) is 0 Å². The van der Waals surface area contributed by atoms with E-state index >= 15 is 0 Å². The number of hydrogen-bond acceptors (Lipinski definition) is 4. The predicted molar refractivity (Wildman–Crippen MR) is 74.4 cm³/mol. The first-order chi connectivity index (χ1) is 10.1. The number of fused-ring (bicyclic) bond motifs is 1. The first-order valence-corrected chi connectivity index (χ1v) is 7.62. The van der Waals surface area contributed by atoms with Gasteiger partial charge in [-0.05, 0) is 25.7 Å². The van der Waals surface area contributed by atoms with Crippen LogP contribution in [0.25, 0.3) is 0 Å². The van der Waals surface area contributed by atoms with Gasteiger partial charge in [-0.3, -0.25) is 9.59 Å². The van der Waals surface area contributed by atoms with Gasteiger partial charge in [-0.15, -0.1) is 0 Å². The summed E-state index contributed by atoms with van der Waals surface area (Å²) in [4.78, 5) is 26.4. The van der Waals surface area contributed by atoms with Crippen LogP contribution in [-0.4, -0.2) is 59.0 Å². The summed E-state index contributed by atoms with van der Waals surface area (Å²) in [6.45, 7) is 7.40. The summed E-state index contributed by atoms with van der Waals surface area (Å²) in [6, 6.07) is 0. The van der Waals surface area contributed by atoms with E-state index in [2.05, 4.69) is 0 Å². The Balaban J connectivity index is 2.42. The van der Waals surface area contributed by atoms with Gasteiger partial charge in [0.1, 0.15) is 12.0 Å². The summed E-state index contributed by atoms with van der Waals surface area (Å²) in [6.07, 6.45) is -3.46. The van der Waals surface area contributed by atoms with Crippen LogP contribution in [-0.2, 0) is 14.3 Å². The van der Waals surface area contributed by atoms with Crippen molar-refractivity contribution in [3.63, 3.8) is 0 Å². The number of carbonyl (C=O) groups is 2. The fourth-order valence-electron chi connectivity index (χ4n) is 3.30. The lowest BCUT2D eigenvalue weighted by atomic mass is 9.68. The van der Waals surface area contributed by atoms with Crippen LogP contribution in [0.4, 0.5) is 8.78 Å². The van der Waals surface area contributed by atoms with Crippen LogP contribution in [0.5, 0.6) is 0 Å². The Labute approximate surface area is 128 Å². The fraction of sp³-hybridized carbons (Fsp3) is 0.867. The Morgan fingerprint density at radius 1 is 1.36 bits per heavy atom. The third kappa shape index (κ3) is 2.65.